The van der Waals surface area contributed by atoms with Crippen LogP contribution in [0, 0.1) is 0 Å². The molecule has 1 fully saturated rings. The number of esters is 1. The second-order valence-corrected chi connectivity index (χ2v) is 10.6. The number of aryl methyl sites for hydroxylation is 1. The Morgan fingerprint density at radius 3 is 2.47 bits per heavy atom. The molecule has 2 heterocycles. The normalized spacial score (nSPS) is 21.4. The molecular weight excluding hydrogens is 450 g/mol. The molecule has 4 aromatic rings. The summed E-state index contributed by atoms with van der Waals surface area (Å²) in [5, 5.41) is 14.0. The van der Waals surface area contributed by atoms with E-state index in [1.165, 1.54) is 0 Å². The molecule has 2 N–H and O–H groups in total. The number of ether oxygens (including phenoxy) is 1. The first-order valence-electron chi connectivity index (χ1n) is 12.4. The highest BCUT2D eigenvalue weighted by Gasteiger charge is 2.47. The van der Waals surface area contributed by atoms with Crippen LogP contribution in [0.15, 0.2) is 79.1 Å². The van der Waals surface area contributed by atoms with Gasteiger partial charge in [-0.25, -0.2) is 4.98 Å². The minimum Gasteiger partial charge on any atom is -0.452 e. The fraction of sp³-hybridized carbons (Fsp3) is 0.333. The number of rotatable bonds is 6. The maximum absolute atomic E-state index is 13.3. The Bertz CT molecular complexity index is 1370. The fourth-order valence-corrected chi connectivity index (χ4v) is 5.31. The van der Waals surface area contributed by atoms with Crippen LogP contribution in [0.5, 0.6) is 0 Å². The molecule has 36 heavy (non-hydrogen) atoms. The zero-order chi connectivity index (χ0) is 25.5. The van der Waals surface area contributed by atoms with Crippen LogP contribution < -0.4 is 5.32 Å². The Kier molecular flexibility index (Phi) is 6.18. The Morgan fingerprint density at radius 1 is 1.11 bits per heavy atom. The number of aromatic nitrogens is 2. The predicted octanol–water partition coefficient (Wildman–Crippen LogP) is 4.92. The van der Waals surface area contributed by atoms with Gasteiger partial charge in [0, 0.05) is 25.9 Å². The van der Waals surface area contributed by atoms with E-state index in [2.05, 4.69) is 46.7 Å². The number of benzene rings is 3. The van der Waals surface area contributed by atoms with E-state index in [4.69, 9.17) is 4.74 Å². The standard InChI is InChI=1S/C30H33N3O3/c1-20(21-10-12-22(13-11-21)23-14-15-25-26(16-23)33(4)19-32-25)27-28(34)36-30(18-31-27,17-29(2,3)35)24-8-6-5-7-9-24/h5-16,19-20,27,31,35H,17-18H2,1-4H3/t20-,27?,30?/m0/s1. The zero-order valence-corrected chi connectivity index (χ0v) is 21.2. The van der Waals surface area contributed by atoms with Gasteiger partial charge >= 0.3 is 5.97 Å². The van der Waals surface area contributed by atoms with E-state index in [0.717, 1.165) is 33.3 Å². The number of fused-ring (bicyclic) bond motifs is 1. The summed E-state index contributed by atoms with van der Waals surface area (Å²) in [6.07, 6.45) is 2.13. The van der Waals surface area contributed by atoms with Crippen LogP contribution in [0.1, 0.15) is 44.2 Å². The third kappa shape index (κ3) is 4.66. The number of nitrogens with one attached hydrogen (secondary N) is 1. The molecule has 1 aromatic heterocycles. The number of nitrogens with zero attached hydrogens (tertiary/aromatic N) is 2. The van der Waals surface area contributed by atoms with Crippen molar-refractivity contribution >= 4 is 17.0 Å². The number of imidazole rings is 1. The third-order valence-electron chi connectivity index (χ3n) is 7.17. The molecule has 3 aromatic carbocycles. The summed E-state index contributed by atoms with van der Waals surface area (Å²) in [7, 11) is 1.99. The van der Waals surface area contributed by atoms with Crippen LogP contribution in [0.4, 0.5) is 0 Å². The van der Waals surface area contributed by atoms with Crippen molar-refractivity contribution in [3.8, 4) is 11.1 Å². The number of hydrogen-bond donors (Lipinski definition) is 2. The average molecular weight is 484 g/mol. The van der Waals surface area contributed by atoms with E-state index in [-0.39, 0.29) is 11.9 Å². The molecule has 6 heteroatoms. The Balaban J connectivity index is 1.35. The lowest BCUT2D eigenvalue weighted by molar-refractivity contribution is -0.179. The highest BCUT2D eigenvalue weighted by atomic mass is 16.6. The first-order valence-corrected chi connectivity index (χ1v) is 12.4. The van der Waals surface area contributed by atoms with Crippen molar-refractivity contribution in [2.45, 2.75) is 50.4 Å². The van der Waals surface area contributed by atoms with Crippen molar-refractivity contribution in [1.29, 1.82) is 0 Å². The smallest absolute Gasteiger partial charge is 0.324 e. The van der Waals surface area contributed by atoms with Gasteiger partial charge in [0.05, 0.1) is 23.0 Å². The van der Waals surface area contributed by atoms with Gasteiger partial charge in [0.25, 0.3) is 0 Å². The van der Waals surface area contributed by atoms with Gasteiger partial charge in [0.2, 0.25) is 0 Å². The van der Waals surface area contributed by atoms with Crippen LogP contribution in [-0.4, -0.2) is 38.8 Å². The maximum atomic E-state index is 13.3. The van der Waals surface area contributed by atoms with Crippen LogP contribution >= 0.6 is 0 Å². The molecule has 0 spiro atoms. The lowest BCUT2D eigenvalue weighted by Crippen LogP contribution is -2.58. The Labute approximate surface area is 211 Å². The summed E-state index contributed by atoms with van der Waals surface area (Å²) in [4.78, 5) is 17.7. The second-order valence-electron chi connectivity index (χ2n) is 10.6. The fourth-order valence-electron chi connectivity index (χ4n) is 5.31. The first-order chi connectivity index (χ1) is 17.2. The molecule has 6 nitrogen and oxygen atoms in total. The number of morpholine rings is 1. The number of hydrogen-bond acceptors (Lipinski definition) is 5. The molecule has 0 aliphatic carbocycles. The van der Waals surface area contributed by atoms with Crippen LogP contribution in [0.2, 0.25) is 0 Å². The predicted molar refractivity (Wildman–Crippen MR) is 141 cm³/mol. The van der Waals surface area contributed by atoms with E-state index in [9.17, 15) is 9.90 Å². The number of carbonyl (C=O) groups excluding carboxylic acids is 1. The second kappa shape index (κ2) is 9.19. The quantitative estimate of drug-likeness (QED) is 0.381. The third-order valence-corrected chi connectivity index (χ3v) is 7.17. The summed E-state index contributed by atoms with van der Waals surface area (Å²) in [5.74, 6) is -0.380. The first kappa shape index (κ1) is 24.2. The SMILES string of the molecule is C[C@@H](c1ccc(-c2ccc3ncn(C)c3c2)cc1)C1NCC(CC(C)(C)O)(c2ccccc2)OC1=O. The van der Waals surface area contributed by atoms with Crippen molar-refractivity contribution in [3.63, 3.8) is 0 Å². The molecule has 3 atom stereocenters. The molecule has 0 radical (unpaired) electrons. The van der Waals surface area contributed by atoms with Crippen molar-refractivity contribution in [3.05, 3.63) is 90.3 Å². The van der Waals surface area contributed by atoms with Crippen molar-refractivity contribution < 1.29 is 14.6 Å². The number of carbonyl (C=O) groups is 1. The Hall–Kier alpha value is -3.48. The molecule has 0 amide bonds. The molecule has 186 valence electrons. The molecule has 0 saturated carbocycles. The maximum Gasteiger partial charge on any atom is 0.324 e. The van der Waals surface area contributed by atoms with Crippen LogP contribution in [0.25, 0.3) is 22.2 Å². The Morgan fingerprint density at radius 2 is 1.81 bits per heavy atom. The van der Waals surface area contributed by atoms with Gasteiger partial charge in [-0.05, 0) is 48.2 Å². The highest BCUT2D eigenvalue weighted by Crippen LogP contribution is 2.38. The molecule has 1 aliphatic heterocycles. The van der Waals surface area contributed by atoms with Crippen LogP contribution in [-0.2, 0) is 22.2 Å². The van der Waals surface area contributed by atoms with Crippen molar-refractivity contribution in [1.82, 2.24) is 14.9 Å². The van der Waals surface area contributed by atoms with Crippen molar-refractivity contribution in [2.75, 3.05) is 6.54 Å². The van der Waals surface area contributed by atoms with Gasteiger partial charge in [0.15, 0.2) is 5.60 Å². The molecule has 5 rings (SSSR count). The highest BCUT2D eigenvalue weighted by molar-refractivity contribution is 5.82. The summed E-state index contributed by atoms with van der Waals surface area (Å²) >= 11 is 0. The lowest BCUT2D eigenvalue weighted by Gasteiger charge is -2.44. The molecular formula is C30H33N3O3. The van der Waals surface area contributed by atoms with Crippen LogP contribution in [0.3, 0.4) is 0 Å². The average Bonchev–Trinajstić information content (AvgIpc) is 3.23. The molecule has 2 unspecified atom stereocenters. The minimum atomic E-state index is -0.995. The molecule has 0 bridgehead atoms. The zero-order valence-electron chi connectivity index (χ0n) is 21.2. The summed E-state index contributed by atoms with van der Waals surface area (Å²) in [6, 6.07) is 23.8. The van der Waals surface area contributed by atoms with Gasteiger partial charge < -0.3 is 14.4 Å². The van der Waals surface area contributed by atoms with E-state index < -0.39 is 17.2 Å². The van der Waals surface area contributed by atoms with E-state index >= 15 is 0 Å². The van der Waals surface area contributed by atoms with Gasteiger partial charge in [-0.15, -0.1) is 0 Å². The number of aliphatic hydroxyl groups is 1. The molecule has 1 saturated heterocycles. The summed E-state index contributed by atoms with van der Waals surface area (Å²) in [6.45, 7) is 5.97. The monoisotopic (exact) mass is 483 g/mol. The lowest BCUT2D eigenvalue weighted by atomic mass is 9.81. The van der Waals surface area contributed by atoms with E-state index in [1.807, 2.05) is 61.3 Å². The largest absolute Gasteiger partial charge is 0.452 e. The van der Waals surface area contributed by atoms with Gasteiger partial charge in [-0.2, -0.15) is 0 Å². The van der Waals surface area contributed by atoms with Gasteiger partial charge in [0.1, 0.15) is 6.04 Å². The van der Waals surface area contributed by atoms with Crippen molar-refractivity contribution in [2.24, 2.45) is 7.05 Å². The van der Waals surface area contributed by atoms with E-state index in [0.29, 0.717) is 13.0 Å². The molecule has 1 aliphatic rings. The van der Waals surface area contributed by atoms with E-state index in [1.54, 1.807) is 13.8 Å². The van der Waals surface area contributed by atoms with Gasteiger partial charge in [-0.3, -0.25) is 10.1 Å². The number of cyclic esters (lactones) is 1. The van der Waals surface area contributed by atoms with Gasteiger partial charge in [-0.1, -0.05) is 67.6 Å². The minimum absolute atomic E-state index is 0.0815. The summed E-state index contributed by atoms with van der Waals surface area (Å²) < 4.78 is 8.18. The topological polar surface area (TPSA) is 76.4 Å². The summed E-state index contributed by atoms with van der Waals surface area (Å²) in [5.41, 5.74) is 4.34.